The molecule has 0 bridgehead atoms. The van der Waals surface area contributed by atoms with Gasteiger partial charge in [-0.3, -0.25) is 4.79 Å². The highest BCUT2D eigenvalue weighted by Crippen LogP contribution is 2.24. The number of halogens is 3. The molecule has 110 valence electrons. The molecule has 3 N–H and O–H groups in total. The number of para-hydroxylation sites is 1. The number of aryl methyl sites for hydroxylation is 1. The number of nitrogens with one attached hydrogen (secondary N) is 1. The Kier molecular flexibility index (Phi) is 4.16. The van der Waals surface area contributed by atoms with Gasteiger partial charge in [-0.15, -0.1) is 0 Å². The number of nitrogens with two attached hydrogens (primary N) is 1. The third kappa shape index (κ3) is 3.16. The number of hydrogen-bond donors (Lipinski definition) is 2. The maximum Gasteiger partial charge on any atom is 0.244 e. The number of amides is 1. The van der Waals surface area contributed by atoms with Gasteiger partial charge in [0.05, 0.1) is 0 Å². The summed E-state index contributed by atoms with van der Waals surface area (Å²) in [6, 6.07) is 7.36. The standard InChI is InChI=1S/C15H13F3N2O/c1-8-4-2-3-5-12(8)20-14(15(19)21)9-6-10(16)13(18)11(17)7-9/h2-7,14,20H,1H3,(H2,19,21). The Morgan fingerprint density at radius 2 is 1.71 bits per heavy atom. The largest absolute Gasteiger partial charge is 0.370 e. The van der Waals surface area contributed by atoms with Crippen molar-refractivity contribution in [1.82, 2.24) is 0 Å². The molecule has 0 saturated carbocycles. The summed E-state index contributed by atoms with van der Waals surface area (Å²) in [7, 11) is 0. The van der Waals surface area contributed by atoms with Crippen molar-refractivity contribution in [2.24, 2.45) is 5.73 Å². The molecule has 0 fully saturated rings. The first kappa shape index (κ1) is 14.9. The van der Waals surface area contributed by atoms with Crippen molar-refractivity contribution in [3.8, 4) is 0 Å². The van der Waals surface area contributed by atoms with Crippen LogP contribution in [0.2, 0.25) is 0 Å². The minimum absolute atomic E-state index is 0.0813. The Morgan fingerprint density at radius 1 is 1.14 bits per heavy atom. The van der Waals surface area contributed by atoms with Crippen LogP contribution in [0.15, 0.2) is 36.4 Å². The van der Waals surface area contributed by atoms with E-state index in [0.717, 1.165) is 17.7 Å². The van der Waals surface area contributed by atoms with Crippen LogP contribution in [0, 0.1) is 24.4 Å². The molecule has 0 aliphatic heterocycles. The fraction of sp³-hybridized carbons (Fsp3) is 0.133. The van der Waals surface area contributed by atoms with Crippen LogP contribution in [0.1, 0.15) is 17.2 Å². The number of carbonyl (C=O) groups is 1. The van der Waals surface area contributed by atoms with Gasteiger partial charge in [-0.1, -0.05) is 18.2 Å². The van der Waals surface area contributed by atoms with Crippen molar-refractivity contribution >= 4 is 11.6 Å². The van der Waals surface area contributed by atoms with Crippen molar-refractivity contribution in [3.05, 3.63) is 65.0 Å². The van der Waals surface area contributed by atoms with Gasteiger partial charge >= 0.3 is 0 Å². The molecule has 0 radical (unpaired) electrons. The summed E-state index contributed by atoms with van der Waals surface area (Å²) in [5.41, 5.74) is 6.60. The molecule has 0 aliphatic carbocycles. The number of hydrogen-bond acceptors (Lipinski definition) is 2. The molecule has 1 atom stereocenters. The summed E-state index contributed by atoms with van der Waals surface area (Å²) in [6.07, 6.45) is 0. The lowest BCUT2D eigenvalue weighted by Gasteiger charge is -2.19. The molecular formula is C15H13F3N2O. The molecule has 0 saturated heterocycles. The van der Waals surface area contributed by atoms with Gasteiger partial charge < -0.3 is 11.1 Å². The van der Waals surface area contributed by atoms with Crippen LogP contribution in [0.3, 0.4) is 0 Å². The first-order valence-corrected chi connectivity index (χ1v) is 6.16. The number of rotatable bonds is 4. The lowest BCUT2D eigenvalue weighted by Crippen LogP contribution is -2.28. The summed E-state index contributed by atoms with van der Waals surface area (Å²) >= 11 is 0. The molecule has 0 spiro atoms. The smallest absolute Gasteiger partial charge is 0.244 e. The molecule has 2 rings (SSSR count). The zero-order valence-electron chi connectivity index (χ0n) is 11.2. The van der Waals surface area contributed by atoms with E-state index in [1.54, 1.807) is 31.2 Å². The molecule has 0 aromatic heterocycles. The maximum absolute atomic E-state index is 13.3. The van der Waals surface area contributed by atoms with Crippen LogP contribution < -0.4 is 11.1 Å². The first-order valence-electron chi connectivity index (χ1n) is 6.16. The highest BCUT2D eigenvalue weighted by molar-refractivity contribution is 5.84. The highest BCUT2D eigenvalue weighted by Gasteiger charge is 2.22. The van der Waals surface area contributed by atoms with Crippen LogP contribution in [-0.2, 0) is 4.79 Å². The monoisotopic (exact) mass is 294 g/mol. The average Bonchev–Trinajstić information content (AvgIpc) is 2.43. The molecule has 1 amide bonds. The Balaban J connectivity index is 2.41. The second-order valence-electron chi connectivity index (χ2n) is 4.59. The lowest BCUT2D eigenvalue weighted by molar-refractivity contribution is -0.118. The topological polar surface area (TPSA) is 55.1 Å². The van der Waals surface area contributed by atoms with Crippen LogP contribution in [0.25, 0.3) is 0 Å². The van der Waals surface area contributed by atoms with E-state index < -0.39 is 29.4 Å². The van der Waals surface area contributed by atoms with E-state index in [-0.39, 0.29) is 5.56 Å². The van der Waals surface area contributed by atoms with E-state index in [1.807, 2.05) is 0 Å². The Labute approximate surface area is 119 Å². The average molecular weight is 294 g/mol. The summed E-state index contributed by atoms with van der Waals surface area (Å²) in [5.74, 6) is -5.16. The molecule has 0 aliphatic rings. The molecule has 2 aromatic rings. The van der Waals surface area contributed by atoms with Gasteiger partial charge in [0.1, 0.15) is 6.04 Å². The predicted octanol–water partition coefficient (Wildman–Crippen LogP) is 3.05. The van der Waals surface area contributed by atoms with Gasteiger partial charge in [0.15, 0.2) is 17.5 Å². The molecule has 2 aromatic carbocycles. The molecule has 6 heteroatoms. The van der Waals surface area contributed by atoms with E-state index in [4.69, 9.17) is 5.73 Å². The highest BCUT2D eigenvalue weighted by atomic mass is 19.2. The van der Waals surface area contributed by atoms with Gasteiger partial charge in [0.25, 0.3) is 0 Å². The van der Waals surface area contributed by atoms with Gasteiger partial charge in [-0.25, -0.2) is 13.2 Å². The van der Waals surface area contributed by atoms with E-state index >= 15 is 0 Å². The fourth-order valence-electron chi connectivity index (χ4n) is 1.95. The van der Waals surface area contributed by atoms with E-state index in [1.165, 1.54) is 0 Å². The molecule has 3 nitrogen and oxygen atoms in total. The molecular weight excluding hydrogens is 281 g/mol. The van der Waals surface area contributed by atoms with Gasteiger partial charge in [-0.2, -0.15) is 0 Å². The summed E-state index contributed by atoms with van der Waals surface area (Å²) < 4.78 is 39.6. The Hall–Kier alpha value is -2.50. The number of carbonyl (C=O) groups excluding carboxylic acids is 1. The zero-order chi connectivity index (χ0) is 15.6. The summed E-state index contributed by atoms with van der Waals surface area (Å²) in [6.45, 7) is 1.80. The second-order valence-corrected chi connectivity index (χ2v) is 4.59. The van der Waals surface area contributed by atoms with Gasteiger partial charge in [0.2, 0.25) is 5.91 Å². The molecule has 1 unspecified atom stereocenters. The van der Waals surface area contributed by atoms with Crippen LogP contribution in [-0.4, -0.2) is 5.91 Å². The molecule has 0 heterocycles. The SMILES string of the molecule is Cc1ccccc1NC(C(N)=O)c1cc(F)c(F)c(F)c1. The first-order chi connectivity index (χ1) is 9.90. The number of primary amides is 1. The van der Waals surface area contributed by atoms with Gasteiger partial charge in [0, 0.05) is 5.69 Å². The third-order valence-corrected chi connectivity index (χ3v) is 3.07. The zero-order valence-corrected chi connectivity index (χ0v) is 11.2. The van der Waals surface area contributed by atoms with Crippen LogP contribution in [0.4, 0.5) is 18.9 Å². The Bertz CT molecular complexity index is 665. The van der Waals surface area contributed by atoms with Crippen LogP contribution in [0.5, 0.6) is 0 Å². The van der Waals surface area contributed by atoms with Crippen molar-refractivity contribution in [3.63, 3.8) is 0 Å². The van der Waals surface area contributed by atoms with E-state index in [9.17, 15) is 18.0 Å². The van der Waals surface area contributed by atoms with Crippen molar-refractivity contribution in [2.75, 3.05) is 5.32 Å². The van der Waals surface area contributed by atoms with E-state index in [0.29, 0.717) is 5.69 Å². The van der Waals surface area contributed by atoms with Crippen molar-refractivity contribution in [1.29, 1.82) is 0 Å². The minimum Gasteiger partial charge on any atom is -0.370 e. The van der Waals surface area contributed by atoms with Crippen molar-refractivity contribution < 1.29 is 18.0 Å². The van der Waals surface area contributed by atoms with Gasteiger partial charge in [-0.05, 0) is 36.2 Å². The lowest BCUT2D eigenvalue weighted by atomic mass is 10.0. The third-order valence-electron chi connectivity index (χ3n) is 3.07. The molecule has 21 heavy (non-hydrogen) atoms. The fourth-order valence-corrected chi connectivity index (χ4v) is 1.95. The number of benzene rings is 2. The van der Waals surface area contributed by atoms with Crippen molar-refractivity contribution in [2.45, 2.75) is 13.0 Å². The second kappa shape index (κ2) is 5.87. The van der Waals surface area contributed by atoms with Crippen LogP contribution >= 0.6 is 0 Å². The quantitative estimate of drug-likeness (QED) is 0.852. The normalized spacial score (nSPS) is 12.0. The van der Waals surface area contributed by atoms with E-state index in [2.05, 4.69) is 5.32 Å². The minimum atomic E-state index is -1.59. The predicted molar refractivity (Wildman–Crippen MR) is 73.1 cm³/mol. The Morgan fingerprint density at radius 3 is 2.24 bits per heavy atom. The number of anilines is 1. The summed E-state index contributed by atoms with van der Waals surface area (Å²) in [4.78, 5) is 11.5. The maximum atomic E-state index is 13.3. The summed E-state index contributed by atoms with van der Waals surface area (Å²) in [5, 5.41) is 2.81.